The predicted octanol–water partition coefficient (Wildman–Crippen LogP) is 3.23. The number of hydrogen-bond donors (Lipinski definition) is 1. The van der Waals surface area contributed by atoms with E-state index < -0.39 is 0 Å². The van der Waals surface area contributed by atoms with Crippen LogP contribution in [-0.2, 0) is 0 Å². The highest BCUT2D eigenvalue weighted by Gasteiger charge is 2.44. The third-order valence-corrected chi connectivity index (χ3v) is 7.06. The van der Waals surface area contributed by atoms with Crippen molar-refractivity contribution in [2.75, 3.05) is 39.3 Å². The van der Waals surface area contributed by atoms with E-state index in [-0.39, 0.29) is 17.7 Å². The number of carbonyl (C=O) groups excluding carboxylic acids is 2. The number of urea groups is 1. The minimum absolute atomic E-state index is 0.0152. The summed E-state index contributed by atoms with van der Waals surface area (Å²) in [6, 6.07) is 3.82. The molecule has 3 fully saturated rings. The second-order valence-electron chi connectivity index (χ2n) is 8.27. The lowest BCUT2D eigenvalue weighted by atomic mass is 9.93. The van der Waals surface area contributed by atoms with Crippen LogP contribution in [0.4, 0.5) is 4.79 Å². The summed E-state index contributed by atoms with van der Waals surface area (Å²) in [5.41, 5.74) is 0.308. The lowest BCUT2D eigenvalue weighted by Crippen LogP contribution is -2.48. The van der Waals surface area contributed by atoms with E-state index in [4.69, 9.17) is 0 Å². The Labute approximate surface area is 159 Å². The SMILES string of the molecule is O=C(c1cccs1)C1CCCN(C(=O)NCC2(CN3CCCC3)CC2)C1. The van der Waals surface area contributed by atoms with E-state index in [0.717, 1.165) is 37.4 Å². The molecule has 1 saturated carbocycles. The molecule has 1 aliphatic carbocycles. The standard InChI is InChI=1S/C20H29N3O2S/c24-18(17-6-4-12-26-17)16-5-3-11-23(13-16)19(25)21-14-20(7-8-20)15-22-9-1-2-10-22/h4,6,12,16H,1-3,5,7-11,13-15H2,(H,21,25). The van der Waals surface area contributed by atoms with Gasteiger partial charge in [-0.25, -0.2) is 4.79 Å². The number of hydrogen-bond acceptors (Lipinski definition) is 4. The van der Waals surface area contributed by atoms with Crippen LogP contribution < -0.4 is 5.32 Å². The maximum atomic E-state index is 12.7. The Hall–Kier alpha value is -1.40. The Morgan fingerprint density at radius 1 is 1.19 bits per heavy atom. The minimum atomic E-state index is -0.0485. The fourth-order valence-corrected chi connectivity index (χ4v) is 5.10. The van der Waals surface area contributed by atoms with Gasteiger partial charge in [0.2, 0.25) is 0 Å². The molecule has 0 radical (unpaired) electrons. The summed E-state index contributed by atoms with van der Waals surface area (Å²) in [7, 11) is 0. The summed E-state index contributed by atoms with van der Waals surface area (Å²) < 4.78 is 0. The number of thiophene rings is 1. The molecule has 0 spiro atoms. The Morgan fingerprint density at radius 2 is 2.00 bits per heavy atom. The van der Waals surface area contributed by atoms with Crippen molar-refractivity contribution < 1.29 is 9.59 Å². The van der Waals surface area contributed by atoms with E-state index in [1.807, 2.05) is 22.4 Å². The van der Waals surface area contributed by atoms with Crippen molar-refractivity contribution in [3.8, 4) is 0 Å². The topological polar surface area (TPSA) is 52.7 Å². The number of nitrogens with one attached hydrogen (secondary N) is 1. The summed E-state index contributed by atoms with van der Waals surface area (Å²) in [5, 5.41) is 5.12. The molecule has 1 aromatic heterocycles. The third-order valence-electron chi connectivity index (χ3n) is 6.17. The number of piperidine rings is 1. The van der Waals surface area contributed by atoms with Gasteiger partial charge in [0.25, 0.3) is 0 Å². The molecule has 3 heterocycles. The zero-order chi connectivity index (χ0) is 18.0. The maximum Gasteiger partial charge on any atom is 0.317 e. The van der Waals surface area contributed by atoms with Gasteiger partial charge in [-0.2, -0.15) is 0 Å². The first-order valence-electron chi connectivity index (χ1n) is 9.98. The molecule has 2 aliphatic heterocycles. The van der Waals surface area contributed by atoms with E-state index in [0.29, 0.717) is 12.0 Å². The molecule has 2 amide bonds. The molecule has 4 rings (SSSR count). The average Bonchev–Trinajstić information content (AvgIpc) is 3.08. The van der Waals surface area contributed by atoms with E-state index in [1.165, 1.54) is 50.1 Å². The Balaban J connectivity index is 1.27. The first kappa shape index (κ1) is 18.0. The summed E-state index contributed by atoms with van der Waals surface area (Å²) >= 11 is 1.50. The number of likely N-dealkylation sites (tertiary alicyclic amines) is 2. The van der Waals surface area contributed by atoms with Crippen LogP contribution >= 0.6 is 11.3 Å². The van der Waals surface area contributed by atoms with E-state index in [1.54, 1.807) is 0 Å². The number of ketones is 1. The van der Waals surface area contributed by atoms with E-state index in [9.17, 15) is 9.59 Å². The maximum absolute atomic E-state index is 12.7. The highest BCUT2D eigenvalue weighted by atomic mass is 32.1. The van der Waals surface area contributed by atoms with Crippen molar-refractivity contribution in [2.45, 2.75) is 38.5 Å². The molecule has 142 valence electrons. The number of Topliss-reactive ketones (excluding diaryl/α,β-unsaturated/α-hetero) is 1. The van der Waals surface area contributed by atoms with Gasteiger partial charge in [0.15, 0.2) is 5.78 Å². The molecular formula is C20H29N3O2S. The fourth-order valence-electron chi connectivity index (χ4n) is 4.35. The quantitative estimate of drug-likeness (QED) is 0.777. The van der Waals surface area contributed by atoms with Crippen molar-refractivity contribution in [1.29, 1.82) is 0 Å². The Morgan fingerprint density at radius 3 is 2.69 bits per heavy atom. The van der Waals surface area contributed by atoms with Crippen LogP contribution in [0.15, 0.2) is 17.5 Å². The molecule has 3 aliphatic rings. The van der Waals surface area contributed by atoms with Gasteiger partial charge in [0.1, 0.15) is 0 Å². The lowest BCUT2D eigenvalue weighted by molar-refractivity contribution is 0.0849. The molecule has 5 nitrogen and oxygen atoms in total. The van der Waals surface area contributed by atoms with Gasteiger partial charge < -0.3 is 15.1 Å². The summed E-state index contributed by atoms with van der Waals surface area (Å²) in [4.78, 5) is 30.5. The second kappa shape index (κ2) is 7.69. The summed E-state index contributed by atoms with van der Waals surface area (Å²) in [5.74, 6) is 0.151. The minimum Gasteiger partial charge on any atom is -0.337 e. The van der Waals surface area contributed by atoms with Gasteiger partial charge in [-0.15, -0.1) is 11.3 Å². The van der Waals surface area contributed by atoms with Crippen LogP contribution in [0.3, 0.4) is 0 Å². The van der Waals surface area contributed by atoms with Crippen LogP contribution in [0.1, 0.15) is 48.2 Å². The van der Waals surface area contributed by atoms with Crippen LogP contribution in [0.2, 0.25) is 0 Å². The highest BCUT2D eigenvalue weighted by molar-refractivity contribution is 7.12. The van der Waals surface area contributed by atoms with Crippen LogP contribution in [0, 0.1) is 11.3 Å². The molecule has 6 heteroatoms. The third kappa shape index (κ3) is 4.12. The van der Waals surface area contributed by atoms with Crippen molar-refractivity contribution in [1.82, 2.24) is 15.1 Å². The molecular weight excluding hydrogens is 346 g/mol. The van der Waals surface area contributed by atoms with Crippen LogP contribution in [0.5, 0.6) is 0 Å². The smallest absolute Gasteiger partial charge is 0.317 e. The lowest BCUT2D eigenvalue weighted by Gasteiger charge is -2.32. The molecule has 0 bridgehead atoms. The van der Waals surface area contributed by atoms with Gasteiger partial charge in [0, 0.05) is 37.5 Å². The number of nitrogens with zero attached hydrogens (tertiary/aromatic N) is 2. The Bertz CT molecular complexity index is 635. The van der Waals surface area contributed by atoms with Crippen molar-refractivity contribution in [3.63, 3.8) is 0 Å². The average molecular weight is 376 g/mol. The largest absolute Gasteiger partial charge is 0.337 e. The van der Waals surface area contributed by atoms with Crippen molar-refractivity contribution >= 4 is 23.2 Å². The highest BCUT2D eigenvalue weighted by Crippen LogP contribution is 2.46. The van der Waals surface area contributed by atoms with Crippen LogP contribution in [-0.4, -0.2) is 60.9 Å². The molecule has 1 atom stereocenters. The number of rotatable bonds is 6. The monoisotopic (exact) mass is 375 g/mol. The fraction of sp³-hybridized carbons (Fsp3) is 0.700. The molecule has 2 saturated heterocycles. The van der Waals surface area contributed by atoms with Gasteiger partial charge in [-0.3, -0.25) is 4.79 Å². The predicted molar refractivity (Wildman–Crippen MR) is 104 cm³/mol. The first-order chi connectivity index (χ1) is 12.7. The number of amides is 2. The molecule has 0 aromatic carbocycles. The van der Waals surface area contributed by atoms with Gasteiger partial charge >= 0.3 is 6.03 Å². The molecule has 1 N–H and O–H groups in total. The second-order valence-corrected chi connectivity index (χ2v) is 9.22. The van der Waals surface area contributed by atoms with Crippen molar-refractivity contribution in [2.24, 2.45) is 11.3 Å². The van der Waals surface area contributed by atoms with Crippen LogP contribution in [0.25, 0.3) is 0 Å². The molecule has 1 aromatic rings. The normalized spacial score (nSPS) is 25.2. The summed E-state index contributed by atoms with van der Waals surface area (Å²) in [6.45, 7) is 5.67. The number of carbonyl (C=O) groups is 2. The van der Waals surface area contributed by atoms with E-state index in [2.05, 4.69) is 10.2 Å². The zero-order valence-corrected chi connectivity index (χ0v) is 16.2. The molecule has 1 unspecified atom stereocenters. The Kier molecular flexibility index (Phi) is 5.32. The van der Waals surface area contributed by atoms with E-state index >= 15 is 0 Å². The van der Waals surface area contributed by atoms with Gasteiger partial charge in [0.05, 0.1) is 4.88 Å². The summed E-state index contributed by atoms with van der Waals surface area (Å²) in [6.07, 6.45) is 6.88. The zero-order valence-electron chi connectivity index (χ0n) is 15.4. The molecule has 26 heavy (non-hydrogen) atoms. The van der Waals surface area contributed by atoms with Crippen molar-refractivity contribution in [3.05, 3.63) is 22.4 Å². The van der Waals surface area contributed by atoms with Gasteiger partial charge in [-0.05, 0) is 63.1 Å². The first-order valence-corrected chi connectivity index (χ1v) is 10.9. The van der Waals surface area contributed by atoms with Gasteiger partial charge in [-0.1, -0.05) is 6.07 Å².